The number of benzene rings is 1. The summed E-state index contributed by atoms with van der Waals surface area (Å²) in [4.78, 5) is 29.7. The first-order chi connectivity index (χ1) is 14.1. The third kappa shape index (κ3) is 3.41. The number of quaternary nitrogens is 1. The molecule has 1 fully saturated rings. The maximum absolute atomic E-state index is 12.5. The number of aromatic nitrogens is 3. The van der Waals surface area contributed by atoms with Gasteiger partial charge in [0.1, 0.15) is 43.1 Å². The molecule has 4 aromatic rings. The number of H-pyrrole nitrogens is 2. The first-order valence-electron chi connectivity index (χ1n) is 10.1. The molecule has 0 unspecified atom stereocenters. The number of pyridine rings is 1. The molecular formula is C22H25N5OS+2. The van der Waals surface area contributed by atoms with Crippen LogP contribution in [0, 0.1) is 13.8 Å². The second kappa shape index (κ2) is 7.24. The number of aryl methyl sites for hydroxylation is 2. The van der Waals surface area contributed by atoms with E-state index in [4.69, 9.17) is 4.98 Å². The highest BCUT2D eigenvalue weighted by molar-refractivity contribution is 7.18. The number of thiophene rings is 1. The molecule has 0 spiro atoms. The summed E-state index contributed by atoms with van der Waals surface area (Å²) in [5.41, 5.74) is 2.21. The second-order valence-electron chi connectivity index (χ2n) is 7.82. The van der Waals surface area contributed by atoms with Gasteiger partial charge in [-0.15, -0.1) is 11.3 Å². The molecule has 7 heteroatoms. The second-order valence-corrected chi connectivity index (χ2v) is 9.02. The number of hydrogen-bond donors (Lipinski definition) is 2. The van der Waals surface area contributed by atoms with Crippen molar-refractivity contribution in [2.24, 2.45) is 0 Å². The summed E-state index contributed by atoms with van der Waals surface area (Å²) in [5.74, 6) is 1.96. The van der Waals surface area contributed by atoms with Gasteiger partial charge in [0, 0.05) is 16.3 Å². The summed E-state index contributed by atoms with van der Waals surface area (Å²) in [6.45, 7) is 8.81. The van der Waals surface area contributed by atoms with Crippen LogP contribution in [0.2, 0.25) is 0 Å². The third-order valence-corrected chi connectivity index (χ3v) is 7.06. The quantitative estimate of drug-likeness (QED) is 0.541. The van der Waals surface area contributed by atoms with Gasteiger partial charge in [-0.2, -0.15) is 0 Å². The fraction of sp³-hybridized carbons (Fsp3) is 0.318. The van der Waals surface area contributed by atoms with Crippen LogP contribution in [-0.2, 0) is 6.54 Å². The van der Waals surface area contributed by atoms with Crippen LogP contribution in [-0.4, -0.2) is 36.1 Å². The summed E-state index contributed by atoms with van der Waals surface area (Å²) < 4.78 is 0. The van der Waals surface area contributed by atoms with Gasteiger partial charge in [-0.1, -0.05) is 18.2 Å². The van der Waals surface area contributed by atoms with E-state index in [9.17, 15) is 4.79 Å². The fourth-order valence-electron chi connectivity index (χ4n) is 4.15. The van der Waals surface area contributed by atoms with E-state index in [-0.39, 0.29) is 5.56 Å². The highest BCUT2D eigenvalue weighted by Gasteiger charge is 2.27. The lowest BCUT2D eigenvalue weighted by Crippen LogP contribution is -3.13. The monoisotopic (exact) mass is 407 g/mol. The van der Waals surface area contributed by atoms with Crippen LogP contribution >= 0.6 is 11.3 Å². The fourth-order valence-corrected chi connectivity index (χ4v) is 5.20. The SMILES string of the molecule is Cc1sc2nc(C[NH+]3CCN(c4ccc5ccccc5[nH+]4)CC3)[nH]c(=O)c2c1C. The van der Waals surface area contributed by atoms with Crippen molar-refractivity contribution in [2.75, 3.05) is 31.1 Å². The van der Waals surface area contributed by atoms with E-state index >= 15 is 0 Å². The van der Waals surface area contributed by atoms with E-state index in [0.29, 0.717) is 0 Å². The summed E-state index contributed by atoms with van der Waals surface area (Å²) in [6, 6.07) is 12.7. The lowest BCUT2D eigenvalue weighted by Gasteiger charge is -2.28. The molecule has 1 saturated heterocycles. The van der Waals surface area contributed by atoms with Gasteiger partial charge >= 0.3 is 0 Å². The zero-order chi connectivity index (χ0) is 20.0. The van der Waals surface area contributed by atoms with Crippen molar-refractivity contribution in [2.45, 2.75) is 20.4 Å². The minimum Gasteiger partial charge on any atom is -0.322 e. The van der Waals surface area contributed by atoms with Crippen molar-refractivity contribution in [3.63, 3.8) is 0 Å². The van der Waals surface area contributed by atoms with E-state index in [1.165, 1.54) is 21.0 Å². The van der Waals surface area contributed by atoms with Gasteiger partial charge in [-0.05, 0) is 31.5 Å². The predicted octanol–water partition coefficient (Wildman–Crippen LogP) is 1.47. The van der Waals surface area contributed by atoms with Crippen molar-refractivity contribution in [1.29, 1.82) is 0 Å². The maximum atomic E-state index is 12.5. The summed E-state index contributed by atoms with van der Waals surface area (Å²) in [5, 5.41) is 1.98. The lowest BCUT2D eigenvalue weighted by atomic mass is 10.2. The number of fused-ring (bicyclic) bond motifs is 2. The van der Waals surface area contributed by atoms with Crippen LogP contribution in [0.4, 0.5) is 5.82 Å². The Morgan fingerprint density at radius 2 is 1.97 bits per heavy atom. The summed E-state index contributed by atoms with van der Waals surface area (Å²) >= 11 is 1.61. The molecule has 1 aliphatic rings. The Bertz CT molecular complexity index is 1250. The Labute approximate surface area is 172 Å². The number of rotatable bonds is 3. The number of piperazine rings is 1. The molecule has 29 heavy (non-hydrogen) atoms. The molecule has 3 N–H and O–H groups in total. The Morgan fingerprint density at radius 3 is 2.79 bits per heavy atom. The highest BCUT2D eigenvalue weighted by Crippen LogP contribution is 2.25. The van der Waals surface area contributed by atoms with Crippen molar-refractivity contribution in [3.8, 4) is 0 Å². The van der Waals surface area contributed by atoms with Crippen LogP contribution in [0.5, 0.6) is 0 Å². The molecule has 0 aliphatic carbocycles. The van der Waals surface area contributed by atoms with Crippen LogP contribution in [0.3, 0.4) is 0 Å². The van der Waals surface area contributed by atoms with Crippen LogP contribution in [0.15, 0.2) is 41.2 Å². The molecule has 1 aliphatic heterocycles. The number of aromatic amines is 2. The van der Waals surface area contributed by atoms with E-state index in [2.05, 4.69) is 58.2 Å². The molecule has 0 bridgehead atoms. The third-order valence-electron chi connectivity index (χ3n) is 5.96. The van der Waals surface area contributed by atoms with E-state index in [0.717, 1.165) is 59.8 Å². The van der Waals surface area contributed by atoms with E-state index in [1.807, 2.05) is 6.92 Å². The topological polar surface area (TPSA) is 67.6 Å². The maximum Gasteiger partial charge on any atom is 0.275 e. The molecule has 6 nitrogen and oxygen atoms in total. The average molecular weight is 408 g/mol. The van der Waals surface area contributed by atoms with Gasteiger partial charge in [0.05, 0.1) is 5.39 Å². The zero-order valence-corrected chi connectivity index (χ0v) is 17.5. The van der Waals surface area contributed by atoms with Crippen LogP contribution in [0.1, 0.15) is 16.3 Å². The molecule has 0 saturated carbocycles. The number of hydrogen-bond acceptors (Lipinski definition) is 4. The van der Waals surface area contributed by atoms with Gasteiger partial charge in [-0.25, -0.2) is 9.97 Å². The minimum absolute atomic E-state index is 0.00403. The summed E-state index contributed by atoms with van der Waals surface area (Å²) in [7, 11) is 0. The Morgan fingerprint density at radius 1 is 1.17 bits per heavy atom. The molecule has 4 heterocycles. The Hall–Kier alpha value is -2.77. The van der Waals surface area contributed by atoms with Gasteiger partial charge < -0.3 is 9.88 Å². The Kier molecular flexibility index (Phi) is 4.56. The Balaban J connectivity index is 1.29. The molecule has 0 amide bonds. The van der Waals surface area contributed by atoms with Crippen molar-refractivity contribution in [1.82, 2.24) is 9.97 Å². The van der Waals surface area contributed by atoms with Crippen LogP contribution < -0.4 is 20.3 Å². The van der Waals surface area contributed by atoms with E-state index in [1.54, 1.807) is 11.3 Å². The van der Waals surface area contributed by atoms with Crippen molar-refractivity contribution in [3.05, 3.63) is 63.0 Å². The highest BCUT2D eigenvalue weighted by atomic mass is 32.1. The normalized spacial score (nSPS) is 15.4. The molecule has 3 aromatic heterocycles. The first-order valence-corrected chi connectivity index (χ1v) is 10.9. The van der Waals surface area contributed by atoms with Gasteiger partial charge in [-0.3, -0.25) is 9.69 Å². The smallest absolute Gasteiger partial charge is 0.275 e. The molecule has 0 radical (unpaired) electrons. The number of para-hydroxylation sites is 1. The van der Waals surface area contributed by atoms with Crippen molar-refractivity contribution >= 4 is 38.3 Å². The van der Waals surface area contributed by atoms with Gasteiger partial charge in [0.25, 0.3) is 11.4 Å². The number of nitrogens with zero attached hydrogens (tertiary/aromatic N) is 2. The predicted molar refractivity (Wildman–Crippen MR) is 117 cm³/mol. The van der Waals surface area contributed by atoms with Crippen molar-refractivity contribution < 1.29 is 9.88 Å². The zero-order valence-electron chi connectivity index (χ0n) is 16.7. The molecule has 148 valence electrons. The van der Waals surface area contributed by atoms with Gasteiger partial charge in [0.15, 0.2) is 5.82 Å². The minimum atomic E-state index is -0.00403. The molecule has 5 rings (SSSR count). The molecule has 1 aromatic carbocycles. The largest absolute Gasteiger partial charge is 0.322 e. The number of anilines is 1. The number of nitrogens with one attached hydrogen (secondary N) is 3. The lowest BCUT2D eigenvalue weighted by molar-refractivity contribution is -0.915. The first kappa shape index (κ1) is 18.3. The van der Waals surface area contributed by atoms with Gasteiger partial charge in [0.2, 0.25) is 0 Å². The summed E-state index contributed by atoms with van der Waals surface area (Å²) in [6.07, 6.45) is 0. The van der Waals surface area contributed by atoms with E-state index < -0.39 is 0 Å². The molecule has 0 atom stereocenters. The average Bonchev–Trinajstić information content (AvgIpc) is 3.02. The molecular weight excluding hydrogens is 382 g/mol. The standard InChI is InChI=1S/C22H23N5OS/c1-14-15(2)29-22-20(14)21(28)24-18(25-22)13-26-9-11-27(12-10-26)19-8-7-16-5-3-4-6-17(16)23-19/h3-8H,9-13H2,1-2H3,(H,24,25,28)/p+2. The van der Waals surface area contributed by atoms with Crippen LogP contribution in [0.25, 0.3) is 21.1 Å².